The van der Waals surface area contributed by atoms with Crippen molar-refractivity contribution in [2.45, 2.75) is 6.10 Å². The second-order valence-corrected chi connectivity index (χ2v) is 4.76. The third kappa shape index (κ3) is 4.18. The number of aromatic nitrogens is 1. The number of ether oxygens (including phenoxy) is 1. The molecule has 0 fully saturated rings. The summed E-state index contributed by atoms with van der Waals surface area (Å²) in [6.07, 6.45) is 0.569. The van der Waals surface area contributed by atoms with Gasteiger partial charge in [0, 0.05) is 12.7 Å². The van der Waals surface area contributed by atoms with Crippen LogP contribution in [-0.2, 0) is 0 Å². The number of amides is 1. The zero-order chi connectivity index (χ0) is 15.2. The Hall–Kier alpha value is -2.11. The second kappa shape index (κ2) is 7.06. The molecule has 1 aromatic carbocycles. The summed E-state index contributed by atoms with van der Waals surface area (Å²) in [5.41, 5.74) is 1.06. The van der Waals surface area contributed by atoms with Gasteiger partial charge in [0.2, 0.25) is 0 Å². The number of methoxy groups -OCH3 is 1. The van der Waals surface area contributed by atoms with E-state index in [1.165, 1.54) is 12.3 Å². The minimum atomic E-state index is -0.815. The molecule has 0 saturated carbocycles. The van der Waals surface area contributed by atoms with E-state index in [0.29, 0.717) is 22.0 Å². The molecule has 110 valence electrons. The molecule has 2 rings (SSSR count). The lowest BCUT2D eigenvalue weighted by Gasteiger charge is -2.13. The van der Waals surface area contributed by atoms with Gasteiger partial charge in [-0.15, -0.1) is 0 Å². The second-order valence-electron chi connectivity index (χ2n) is 4.37. The summed E-state index contributed by atoms with van der Waals surface area (Å²) in [4.78, 5) is 15.7. The quantitative estimate of drug-likeness (QED) is 0.831. The summed E-state index contributed by atoms with van der Waals surface area (Å²) >= 11 is 5.66. The molecule has 1 atom stereocenters. The Morgan fingerprint density at radius 3 is 2.90 bits per heavy atom. The van der Waals surface area contributed by atoms with Crippen molar-refractivity contribution in [3.63, 3.8) is 0 Å². The third-order valence-electron chi connectivity index (χ3n) is 2.92. The highest BCUT2D eigenvalue weighted by Crippen LogP contribution is 2.18. The van der Waals surface area contributed by atoms with Crippen molar-refractivity contribution in [2.75, 3.05) is 13.7 Å². The highest BCUT2D eigenvalue weighted by molar-refractivity contribution is 6.29. The van der Waals surface area contributed by atoms with E-state index in [1.807, 2.05) is 0 Å². The van der Waals surface area contributed by atoms with E-state index >= 15 is 0 Å². The topological polar surface area (TPSA) is 71.5 Å². The number of halogens is 1. The average Bonchev–Trinajstić information content (AvgIpc) is 2.53. The summed E-state index contributed by atoms with van der Waals surface area (Å²) < 4.78 is 5.09. The van der Waals surface area contributed by atoms with E-state index in [9.17, 15) is 9.90 Å². The molecule has 0 spiro atoms. The number of nitrogens with one attached hydrogen (secondary N) is 1. The first-order chi connectivity index (χ1) is 10.1. The van der Waals surface area contributed by atoms with E-state index in [1.54, 1.807) is 37.4 Å². The first-order valence-corrected chi connectivity index (χ1v) is 6.69. The van der Waals surface area contributed by atoms with Crippen LogP contribution < -0.4 is 10.1 Å². The maximum Gasteiger partial charge on any atom is 0.252 e. The van der Waals surface area contributed by atoms with E-state index in [0.717, 1.165) is 0 Å². The van der Waals surface area contributed by atoms with E-state index in [-0.39, 0.29) is 12.5 Å². The molecule has 1 aromatic heterocycles. The molecule has 2 N–H and O–H groups in total. The van der Waals surface area contributed by atoms with Crippen LogP contribution in [-0.4, -0.2) is 29.7 Å². The van der Waals surface area contributed by atoms with Gasteiger partial charge < -0.3 is 15.2 Å². The Morgan fingerprint density at radius 2 is 2.24 bits per heavy atom. The lowest BCUT2D eigenvalue weighted by molar-refractivity contribution is 0.0916. The third-order valence-corrected chi connectivity index (χ3v) is 3.15. The van der Waals surface area contributed by atoms with Gasteiger partial charge in [0.15, 0.2) is 0 Å². The Kier molecular flexibility index (Phi) is 5.14. The zero-order valence-corrected chi connectivity index (χ0v) is 12.2. The number of benzene rings is 1. The van der Waals surface area contributed by atoms with Crippen molar-refractivity contribution in [1.29, 1.82) is 0 Å². The molecule has 0 aliphatic heterocycles. The molecule has 0 aliphatic carbocycles. The number of rotatable bonds is 5. The van der Waals surface area contributed by atoms with Crippen LogP contribution in [0.5, 0.6) is 5.75 Å². The number of aliphatic hydroxyl groups is 1. The predicted molar refractivity (Wildman–Crippen MR) is 79.5 cm³/mol. The Morgan fingerprint density at radius 1 is 1.43 bits per heavy atom. The Balaban J connectivity index is 1.95. The van der Waals surface area contributed by atoms with Crippen molar-refractivity contribution < 1.29 is 14.6 Å². The first kappa shape index (κ1) is 15.3. The fourth-order valence-electron chi connectivity index (χ4n) is 1.77. The Labute approximate surface area is 127 Å². The molecule has 0 aliphatic rings. The lowest BCUT2D eigenvalue weighted by atomic mass is 10.1. The van der Waals surface area contributed by atoms with Gasteiger partial charge in [0.05, 0.1) is 18.8 Å². The lowest BCUT2D eigenvalue weighted by Crippen LogP contribution is -2.28. The van der Waals surface area contributed by atoms with E-state index in [2.05, 4.69) is 10.3 Å². The van der Waals surface area contributed by atoms with Gasteiger partial charge in [0.1, 0.15) is 10.9 Å². The molecule has 1 amide bonds. The highest BCUT2D eigenvalue weighted by Gasteiger charge is 2.11. The van der Waals surface area contributed by atoms with Crippen LogP contribution in [0.3, 0.4) is 0 Å². The predicted octanol–water partition coefficient (Wildman–Crippen LogP) is 2.21. The molecule has 5 nitrogen and oxygen atoms in total. The smallest absolute Gasteiger partial charge is 0.252 e. The zero-order valence-electron chi connectivity index (χ0n) is 11.4. The number of carbonyl (C=O) groups excluding carboxylic acids is 1. The van der Waals surface area contributed by atoms with Crippen molar-refractivity contribution in [1.82, 2.24) is 10.3 Å². The summed E-state index contributed by atoms with van der Waals surface area (Å²) in [6.45, 7) is 0.0919. The molecule has 21 heavy (non-hydrogen) atoms. The van der Waals surface area contributed by atoms with Gasteiger partial charge in [0.25, 0.3) is 5.91 Å². The number of carbonyl (C=O) groups is 1. The van der Waals surface area contributed by atoms with Crippen LogP contribution >= 0.6 is 11.6 Å². The van der Waals surface area contributed by atoms with Gasteiger partial charge in [-0.1, -0.05) is 23.7 Å². The highest BCUT2D eigenvalue weighted by atomic mass is 35.5. The van der Waals surface area contributed by atoms with Crippen molar-refractivity contribution in [2.24, 2.45) is 0 Å². The molecule has 1 heterocycles. The van der Waals surface area contributed by atoms with E-state index < -0.39 is 6.10 Å². The molecular weight excluding hydrogens is 292 g/mol. The van der Waals surface area contributed by atoms with E-state index in [4.69, 9.17) is 16.3 Å². The molecule has 2 aromatic rings. The summed E-state index contributed by atoms with van der Waals surface area (Å²) in [5.74, 6) is 0.334. The fourth-order valence-corrected chi connectivity index (χ4v) is 1.88. The summed E-state index contributed by atoms with van der Waals surface area (Å²) in [6, 6.07) is 10.2. The average molecular weight is 307 g/mol. The minimum Gasteiger partial charge on any atom is -0.497 e. The largest absolute Gasteiger partial charge is 0.497 e. The molecule has 1 unspecified atom stereocenters. The molecule has 0 saturated heterocycles. The van der Waals surface area contributed by atoms with Gasteiger partial charge in [-0.2, -0.15) is 0 Å². The van der Waals surface area contributed by atoms with Crippen molar-refractivity contribution >= 4 is 17.5 Å². The van der Waals surface area contributed by atoms with Crippen LogP contribution in [0, 0.1) is 0 Å². The molecule has 6 heteroatoms. The normalized spacial score (nSPS) is 11.8. The fraction of sp³-hybridized carbons (Fsp3) is 0.200. The van der Waals surface area contributed by atoms with Crippen molar-refractivity contribution in [3.05, 3.63) is 58.9 Å². The number of nitrogens with zero attached hydrogens (tertiary/aromatic N) is 1. The number of pyridine rings is 1. The monoisotopic (exact) mass is 306 g/mol. The van der Waals surface area contributed by atoms with Crippen molar-refractivity contribution in [3.8, 4) is 5.75 Å². The number of hydrogen-bond donors (Lipinski definition) is 2. The maximum absolute atomic E-state index is 11.9. The SMILES string of the molecule is COc1cccc(C(O)CNC(=O)c2ccc(Cl)nc2)c1. The first-order valence-electron chi connectivity index (χ1n) is 6.32. The number of aliphatic hydroxyl groups excluding tert-OH is 1. The van der Waals surface area contributed by atoms with Crippen LogP contribution in [0.15, 0.2) is 42.6 Å². The Bertz CT molecular complexity index is 617. The minimum absolute atomic E-state index is 0.0919. The van der Waals surface area contributed by atoms with Gasteiger partial charge in [-0.25, -0.2) is 4.98 Å². The van der Waals surface area contributed by atoms with Gasteiger partial charge >= 0.3 is 0 Å². The summed E-state index contributed by atoms with van der Waals surface area (Å²) in [5, 5.41) is 13.0. The maximum atomic E-state index is 11.9. The van der Waals surface area contributed by atoms with Gasteiger partial charge in [-0.05, 0) is 29.8 Å². The van der Waals surface area contributed by atoms with Gasteiger partial charge in [-0.3, -0.25) is 4.79 Å². The number of hydrogen-bond acceptors (Lipinski definition) is 4. The molecule has 0 radical (unpaired) electrons. The standard InChI is InChI=1S/C15H15ClN2O3/c1-21-12-4-2-3-10(7-12)13(19)9-18-15(20)11-5-6-14(16)17-8-11/h2-8,13,19H,9H2,1H3,(H,18,20). The van der Waals surface area contributed by atoms with Crippen LogP contribution in [0.1, 0.15) is 22.0 Å². The van der Waals surface area contributed by atoms with Crippen LogP contribution in [0.4, 0.5) is 0 Å². The molecule has 0 bridgehead atoms. The van der Waals surface area contributed by atoms with Crippen LogP contribution in [0.2, 0.25) is 5.15 Å². The van der Waals surface area contributed by atoms with Crippen LogP contribution in [0.25, 0.3) is 0 Å². The summed E-state index contributed by atoms with van der Waals surface area (Å²) in [7, 11) is 1.56. The molecular formula is C15H15ClN2O3.